The summed E-state index contributed by atoms with van der Waals surface area (Å²) in [5.41, 5.74) is 6.56. The minimum atomic E-state index is 0.434. The normalized spacial score (nSPS) is 10.8. The lowest BCUT2D eigenvalue weighted by molar-refractivity contribution is 0.111. The number of carbonyl (C=O) groups excluding carboxylic acids is 1. The van der Waals surface area contributed by atoms with Gasteiger partial charge in [0.1, 0.15) is 11.5 Å². The highest BCUT2D eigenvalue weighted by Crippen LogP contribution is 2.35. The summed E-state index contributed by atoms with van der Waals surface area (Å²) in [6, 6.07) is 12.0. The van der Waals surface area contributed by atoms with E-state index < -0.39 is 0 Å². The zero-order valence-corrected chi connectivity index (χ0v) is 14.0. The second kappa shape index (κ2) is 6.01. The van der Waals surface area contributed by atoms with E-state index in [2.05, 4.69) is 35.9 Å². The molecule has 0 aliphatic rings. The van der Waals surface area contributed by atoms with Crippen LogP contribution in [0.2, 0.25) is 5.02 Å². The molecule has 0 bridgehead atoms. The highest BCUT2D eigenvalue weighted by Gasteiger charge is 2.13. The summed E-state index contributed by atoms with van der Waals surface area (Å²) in [7, 11) is 0. The van der Waals surface area contributed by atoms with Crippen molar-refractivity contribution in [3.05, 3.63) is 63.9 Å². The molecular weight excluding hydrogens is 308 g/mol. The number of halogens is 1. The second-order valence-corrected chi connectivity index (χ2v) is 6.08. The van der Waals surface area contributed by atoms with Crippen LogP contribution >= 0.6 is 11.6 Å². The van der Waals surface area contributed by atoms with E-state index in [-0.39, 0.29) is 0 Å². The lowest BCUT2D eigenvalue weighted by Gasteiger charge is -2.12. The Morgan fingerprint density at radius 3 is 2.39 bits per heavy atom. The highest BCUT2D eigenvalue weighted by atomic mass is 35.5. The van der Waals surface area contributed by atoms with Crippen LogP contribution in [-0.2, 0) is 0 Å². The molecule has 3 rings (SSSR count). The van der Waals surface area contributed by atoms with Crippen LogP contribution < -0.4 is 0 Å². The number of hydrogen-bond acceptors (Lipinski definition) is 2. The molecule has 1 heterocycles. The van der Waals surface area contributed by atoms with Crippen LogP contribution in [0.4, 0.5) is 0 Å². The van der Waals surface area contributed by atoms with E-state index in [1.807, 2.05) is 31.2 Å². The molecule has 1 aromatic heterocycles. The van der Waals surface area contributed by atoms with Crippen molar-refractivity contribution >= 4 is 17.9 Å². The molecule has 1 N–H and O–H groups in total. The van der Waals surface area contributed by atoms with E-state index in [0.29, 0.717) is 16.5 Å². The molecule has 0 atom stereocenters. The number of nitrogens with zero attached hydrogens (tertiary/aromatic N) is 1. The summed E-state index contributed by atoms with van der Waals surface area (Å²) >= 11 is 6.44. The number of aromatic amines is 1. The number of aromatic nitrogens is 2. The predicted molar refractivity (Wildman–Crippen MR) is 94.1 cm³/mol. The fourth-order valence-electron chi connectivity index (χ4n) is 2.83. The molecule has 0 radical (unpaired) electrons. The smallest absolute Gasteiger partial charge is 0.170 e. The quantitative estimate of drug-likeness (QED) is 0.678. The third-order valence-electron chi connectivity index (χ3n) is 4.02. The maximum Gasteiger partial charge on any atom is 0.170 e. The summed E-state index contributed by atoms with van der Waals surface area (Å²) in [5.74, 6) is 0.675. The molecule has 0 saturated carbocycles. The molecule has 0 unspecified atom stereocenters. The maximum atomic E-state index is 11.0. The Kier molecular flexibility index (Phi) is 4.05. The summed E-state index contributed by atoms with van der Waals surface area (Å²) in [5, 5.41) is 0.699. The summed E-state index contributed by atoms with van der Waals surface area (Å²) in [6.45, 7) is 5.99. The van der Waals surface area contributed by atoms with Gasteiger partial charge in [0.05, 0.1) is 0 Å². The van der Waals surface area contributed by atoms with E-state index in [9.17, 15) is 4.79 Å². The number of H-pyrrole nitrogens is 1. The van der Waals surface area contributed by atoms with Crippen molar-refractivity contribution in [2.45, 2.75) is 20.8 Å². The van der Waals surface area contributed by atoms with Gasteiger partial charge in [-0.25, -0.2) is 4.98 Å². The minimum Gasteiger partial charge on any atom is -0.341 e. The molecule has 0 aliphatic heterocycles. The average molecular weight is 325 g/mol. The monoisotopic (exact) mass is 324 g/mol. The molecule has 0 fully saturated rings. The van der Waals surface area contributed by atoms with Crippen molar-refractivity contribution in [1.82, 2.24) is 9.97 Å². The van der Waals surface area contributed by atoms with Crippen molar-refractivity contribution in [1.29, 1.82) is 0 Å². The van der Waals surface area contributed by atoms with E-state index in [0.717, 1.165) is 28.7 Å². The molecule has 0 spiro atoms. The van der Waals surface area contributed by atoms with Gasteiger partial charge in [-0.05, 0) is 55.7 Å². The van der Waals surface area contributed by atoms with E-state index in [4.69, 9.17) is 11.6 Å². The minimum absolute atomic E-state index is 0.434. The van der Waals surface area contributed by atoms with Gasteiger partial charge in [0.25, 0.3) is 0 Å². The van der Waals surface area contributed by atoms with Gasteiger partial charge >= 0.3 is 0 Å². The Labute approximate surface area is 140 Å². The molecule has 0 aliphatic carbocycles. The second-order valence-electron chi connectivity index (χ2n) is 5.67. The zero-order valence-electron chi connectivity index (χ0n) is 13.3. The molecule has 2 aromatic carbocycles. The number of imidazole rings is 1. The SMILES string of the molecule is Cc1cccc(C)c1-c1cc(-c2nc(C=O)c(C)[nH]2)ccc1Cl. The third kappa shape index (κ3) is 2.80. The molecular formula is C19H17ClN2O. The number of carbonyl (C=O) groups is 1. The third-order valence-corrected chi connectivity index (χ3v) is 4.35. The van der Waals surface area contributed by atoms with Crippen LogP contribution in [0.3, 0.4) is 0 Å². The number of nitrogens with one attached hydrogen (secondary N) is 1. The van der Waals surface area contributed by atoms with E-state index in [1.54, 1.807) is 0 Å². The van der Waals surface area contributed by atoms with Gasteiger partial charge in [-0.15, -0.1) is 0 Å². The standard InChI is InChI=1S/C19H17ClN2O/c1-11-5-4-6-12(2)18(11)15-9-14(7-8-16(15)20)19-21-13(3)17(10-23)22-19/h4-10H,1-3H3,(H,21,22). The van der Waals surface area contributed by atoms with Gasteiger partial charge in [0.2, 0.25) is 0 Å². The molecule has 116 valence electrons. The number of rotatable bonds is 3. The van der Waals surface area contributed by atoms with Crippen LogP contribution in [0.15, 0.2) is 36.4 Å². The first-order valence-corrected chi connectivity index (χ1v) is 7.77. The molecule has 3 nitrogen and oxygen atoms in total. The lowest BCUT2D eigenvalue weighted by Crippen LogP contribution is -1.90. The van der Waals surface area contributed by atoms with Crippen LogP contribution in [0, 0.1) is 20.8 Å². The van der Waals surface area contributed by atoms with Crippen LogP contribution in [0.1, 0.15) is 27.3 Å². The molecule has 3 aromatic rings. The van der Waals surface area contributed by atoms with Gasteiger partial charge in [-0.1, -0.05) is 29.8 Å². The number of benzene rings is 2. The van der Waals surface area contributed by atoms with Crippen molar-refractivity contribution in [2.75, 3.05) is 0 Å². The Balaban J connectivity index is 2.18. The fourth-order valence-corrected chi connectivity index (χ4v) is 3.04. The van der Waals surface area contributed by atoms with Crippen LogP contribution in [-0.4, -0.2) is 16.3 Å². The zero-order chi connectivity index (χ0) is 16.6. The Morgan fingerprint density at radius 2 is 1.78 bits per heavy atom. The lowest BCUT2D eigenvalue weighted by atomic mass is 9.94. The Morgan fingerprint density at radius 1 is 1.09 bits per heavy atom. The topological polar surface area (TPSA) is 45.8 Å². The summed E-state index contributed by atoms with van der Waals surface area (Å²) in [6.07, 6.45) is 0.762. The molecule has 4 heteroatoms. The van der Waals surface area contributed by atoms with Crippen LogP contribution in [0.25, 0.3) is 22.5 Å². The Hall–Kier alpha value is -2.39. The predicted octanol–water partition coefficient (Wildman–Crippen LogP) is 5.13. The largest absolute Gasteiger partial charge is 0.341 e. The van der Waals surface area contributed by atoms with E-state index in [1.165, 1.54) is 11.1 Å². The van der Waals surface area contributed by atoms with Gasteiger partial charge in [0.15, 0.2) is 6.29 Å². The van der Waals surface area contributed by atoms with Gasteiger partial charge in [0, 0.05) is 21.8 Å². The highest BCUT2D eigenvalue weighted by molar-refractivity contribution is 6.33. The van der Waals surface area contributed by atoms with Gasteiger partial charge in [-0.3, -0.25) is 4.79 Å². The molecule has 23 heavy (non-hydrogen) atoms. The van der Waals surface area contributed by atoms with Crippen molar-refractivity contribution in [3.63, 3.8) is 0 Å². The molecule has 0 saturated heterocycles. The van der Waals surface area contributed by atoms with Crippen molar-refractivity contribution in [2.24, 2.45) is 0 Å². The number of aldehydes is 1. The summed E-state index contributed by atoms with van der Waals surface area (Å²) < 4.78 is 0. The van der Waals surface area contributed by atoms with Gasteiger partial charge < -0.3 is 4.98 Å². The first-order chi connectivity index (χ1) is 11.0. The van der Waals surface area contributed by atoms with Crippen molar-refractivity contribution < 1.29 is 4.79 Å². The first kappa shape index (κ1) is 15.5. The summed E-state index contributed by atoms with van der Waals surface area (Å²) in [4.78, 5) is 18.5. The van der Waals surface area contributed by atoms with Crippen LogP contribution in [0.5, 0.6) is 0 Å². The average Bonchev–Trinajstić information content (AvgIpc) is 2.90. The van der Waals surface area contributed by atoms with Crippen molar-refractivity contribution in [3.8, 4) is 22.5 Å². The first-order valence-electron chi connectivity index (χ1n) is 7.39. The Bertz CT molecular complexity index is 876. The molecule has 0 amide bonds. The number of aryl methyl sites for hydroxylation is 3. The van der Waals surface area contributed by atoms with Gasteiger partial charge in [-0.2, -0.15) is 0 Å². The number of hydrogen-bond donors (Lipinski definition) is 1. The fraction of sp³-hybridized carbons (Fsp3) is 0.158. The maximum absolute atomic E-state index is 11.0. The van der Waals surface area contributed by atoms with E-state index >= 15 is 0 Å².